The van der Waals surface area contributed by atoms with Gasteiger partial charge in [-0.15, -0.1) is 0 Å². The molecule has 0 spiro atoms. The minimum Gasteiger partial charge on any atom is -0.501 e. The number of sulfonamides is 1. The van der Waals surface area contributed by atoms with Crippen LogP contribution in [0.25, 0.3) is 6.08 Å². The number of pyridine rings is 1. The third-order valence-corrected chi connectivity index (χ3v) is 4.66. The van der Waals surface area contributed by atoms with E-state index in [1.165, 1.54) is 18.5 Å². The van der Waals surface area contributed by atoms with Gasteiger partial charge in [0.2, 0.25) is 10.0 Å². The molecule has 1 aromatic rings. The van der Waals surface area contributed by atoms with Crippen LogP contribution in [0.15, 0.2) is 23.4 Å². The molecular formula is C15H23N3O4S. The van der Waals surface area contributed by atoms with E-state index >= 15 is 0 Å². The lowest BCUT2D eigenvalue weighted by Gasteiger charge is -2.33. The summed E-state index contributed by atoms with van der Waals surface area (Å²) < 4.78 is 33.7. The fraction of sp³-hybridized carbons (Fsp3) is 0.533. The van der Waals surface area contributed by atoms with Gasteiger partial charge >= 0.3 is 0 Å². The molecule has 0 saturated carbocycles. The number of anilines is 1. The molecule has 1 aromatic heterocycles. The van der Waals surface area contributed by atoms with E-state index in [-0.39, 0.29) is 4.90 Å². The van der Waals surface area contributed by atoms with E-state index in [1.807, 2.05) is 14.0 Å². The predicted octanol–water partition coefficient (Wildman–Crippen LogP) is 1.35. The van der Waals surface area contributed by atoms with Crippen LogP contribution in [0.2, 0.25) is 0 Å². The Morgan fingerprint density at radius 2 is 2.17 bits per heavy atom. The predicted molar refractivity (Wildman–Crippen MR) is 88.5 cm³/mol. The van der Waals surface area contributed by atoms with Gasteiger partial charge in [-0.2, -0.15) is 0 Å². The van der Waals surface area contributed by atoms with Gasteiger partial charge in [-0.25, -0.2) is 18.5 Å². The lowest BCUT2D eigenvalue weighted by Crippen LogP contribution is -2.37. The van der Waals surface area contributed by atoms with E-state index in [1.54, 1.807) is 6.08 Å². The second-order valence-electron chi connectivity index (χ2n) is 5.34. The van der Waals surface area contributed by atoms with Gasteiger partial charge in [0.1, 0.15) is 10.7 Å². The Hall–Kier alpha value is -1.64. The molecule has 0 amide bonds. The average molecular weight is 341 g/mol. The summed E-state index contributed by atoms with van der Waals surface area (Å²) >= 11 is 0. The molecule has 7 nitrogen and oxygen atoms in total. The smallest absolute Gasteiger partial charge is 0.239 e. The fourth-order valence-corrected chi connectivity index (χ4v) is 2.98. The minimum absolute atomic E-state index is 0.0159. The fourth-order valence-electron chi connectivity index (χ4n) is 2.49. The van der Waals surface area contributed by atoms with Gasteiger partial charge < -0.3 is 14.4 Å². The first-order valence-corrected chi connectivity index (χ1v) is 9.09. The molecule has 23 heavy (non-hydrogen) atoms. The number of hydrogen-bond acceptors (Lipinski definition) is 6. The van der Waals surface area contributed by atoms with Crippen molar-refractivity contribution in [2.24, 2.45) is 5.14 Å². The van der Waals surface area contributed by atoms with Crippen LogP contribution >= 0.6 is 0 Å². The Labute approximate surface area is 137 Å². The molecule has 0 atom stereocenters. The van der Waals surface area contributed by atoms with Crippen LogP contribution in [0.3, 0.4) is 0 Å². The molecule has 0 unspecified atom stereocenters. The Morgan fingerprint density at radius 3 is 2.78 bits per heavy atom. The van der Waals surface area contributed by atoms with Gasteiger partial charge in [0.25, 0.3) is 0 Å². The molecule has 1 saturated heterocycles. The van der Waals surface area contributed by atoms with Gasteiger partial charge in [-0.1, -0.05) is 0 Å². The van der Waals surface area contributed by atoms with Gasteiger partial charge in [0.05, 0.1) is 12.9 Å². The largest absolute Gasteiger partial charge is 0.501 e. The molecule has 8 heteroatoms. The number of hydrogen-bond donors (Lipinski definition) is 1. The molecule has 1 fully saturated rings. The topological polar surface area (TPSA) is 94.8 Å². The van der Waals surface area contributed by atoms with Crippen LogP contribution in [0.1, 0.15) is 25.3 Å². The number of aromatic nitrogens is 1. The maximum absolute atomic E-state index is 11.6. The third-order valence-electron chi connectivity index (χ3n) is 3.78. The molecule has 0 bridgehead atoms. The zero-order valence-electron chi connectivity index (χ0n) is 13.4. The normalized spacial score (nSPS) is 16.7. The zero-order valence-corrected chi connectivity index (χ0v) is 14.3. The summed E-state index contributed by atoms with van der Waals surface area (Å²) in [5, 5.41) is 5.20. The summed E-state index contributed by atoms with van der Waals surface area (Å²) in [5.74, 6) is 0.695. The second-order valence-corrected chi connectivity index (χ2v) is 6.90. The van der Waals surface area contributed by atoms with Crippen molar-refractivity contribution in [2.75, 3.05) is 31.8 Å². The molecule has 2 rings (SSSR count). The summed E-state index contributed by atoms with van der Waals surface area (Å²) in [7, 11) is -1.85. The van der Waals surface area contributed by atoms with Gasteiger partial charge in [0.15, 0.2) is 0 Å². The first-order chi connectivity index (χ1) is 10.9. The second kappa shape index (κ2) is 7.76. The number of ether oxygens (including phenoxy) is 2. The molecule has 1 aliphatic rings. The number of primary sulfonamides is 1. The first kappa shape index (κ1) is 17.7. The van der Waals surface area contributed by atoms with E-state index < -0.39 is 10.0 Å². The highest BCUT2D eigenvalue weighted by Gasteiger charge is 2.22. The standard InChI is InChI=1S/C15H23N3O4S/c1-3-21-7-4-12-10-14(23(16,19)20)11-17-15(12)18(2)13-5-8-22-9-6-13/h4,7,10-11,13H,3,5-6,8-9H2,1-2H3,(H2,16,19,20). The molecule has 0 radical (unpaired) electrons. The van der Waals surface area contributed by atoms with Crippen molar-refractivity contribution in [1.29, 1.82) is 0 Å². The van der Waals surface area contributed by atoms with Crippen LogP contribution < -0.4 is 10.0 Å². The number of rotatable bonds is 6. The van der Waals surface area contributed by atoms with Crippen LogP contribution in [0.4, 0.5) is 5.82 Å². The van der Waals surface area contributed by atoms with Gasteiger partial charge in [-0.05, 0) is 31.9 Å². The van der Waals surface area contributed by atoms with Crippen LogP contribution in [0, 0.1) is 0 Å². The van der Waals surface area contributed by atoms with Crippen molar-refractivity contribution in [1.82, 2.24) is 4.98 Å². The number of nitrogens with zero attached hydrogens (tertiary/aromatic N) is 2. The Bertz CT molecular complexity index is 655. The van der Waals surface area contributed by atoms with Gasteiger partial charge in [0, 0.05) is 38.1 Å². The summed E-state index contributed by atoms with van der Waals surface area (Å²) in [6.45, 7) is 3.84. The molecular weight excluding hydrogens is 318 g/mol. The van der Waals surface area contributed by atoms with Crippen molar-refractivity contribution < 1.29 is 17.9 Å². The van der Waals surface area contributed by atoms with Crippen molar-refractivity contribution in [2.45, 2.75) is 30.7 Å². The SMILES string of the molecule is CCOC=Cc1cc(S(N)(=O)=O)cnc1N(C)C1CCOCC1. The molecule has 2 heterocycles. The highest BCUT2D eigenvalue weighted by atomic mass is 32.2. The van der Waals surface area contributed by atoms with Crippen molar-refractivity contribution in [3.05, 3.63) is 24.1 Å². The van der Waals surface area contributed by atoms with Crippen molar-refractivity contribution in [3.8, 4) is 0 Å². The molecule has 0 aliphatic carbocycles. The van der Waals surface area contributed by atoms with E-state index in [4.69, 9.17) is 14.6 Å². The summed E-state index contributed by atoms with van der Waals surface area (Å²) in [5.41, 5.74) is 0.652. The summed E-state index contributed by atoms with van der Waals surface area (Å²) in [6, 6.07) is 1.82. The number of nitrogens with two attached hydrogens (primary N) is 1. The molecule has 0 aromatic carbocycles. The highest BCUT2D eigenvalue weighted by Crippen LogP contribution is 2.25. The van der Waals surface area contributed by atoms with E-state index in [0.717, 1.165) is 12.8 Å². The quantitative estimate of drug-likeness (QED) is 0.785. The van der Waals surface area contributed by atoms with Crippen LogP contribution in [-0.4, -0.2) is 46.3 Å². The Morgan fingerprint density at radius 1 is 1.48 bits per heavy atom. The molecule has 2 N–H and O–H groups in total. The van der Waals surface area contributed by atoms with Crippen LogP contribution in [0.5, 0.6) is 0 Å². The van der Waals surface area contributed by atoms with E-state index in [0.29, 0.717) is 37.2 Å². The zero-order chi connectivity index (χ0) is 16.9. The van der Waals surface area contributed by atoms with Gasteiger partial charge in [-0.3, -0.25) is 0 Å². The average Bonchev–Trinajstić information content (AvgIpc) is 2.54. The maximum atomic E-state index is 11.6. The molecule has 128 valence electrons. The third kappa shape index (κ3) is 4.66. The van der Waals surface area contributed by atoms with Crippen molar-refractivity contribution in [3.63, 3.8) is 0 Å². The molecule has 1 aliphatic heterocycles. The lowest BCUT2D eigenvalue weighted by atomic mass is 10.1. The first-order valence-electron chi connectivity index (χ1n) is 7.55. The summed E-state index contributed by atoms with van der Waals surface area (Å²) in [4.78, 5) is 6.36. The summed E-state index contributed by atoms with van der Waals surface area (Å²) in [6.07, 6.45) is 6.34. The van der Waals surface area contributed by atoms with E-state index in [9.17, 15) is 8.42 Å². The monoisotopic (exact) mass is 341 g/mol. The Kier molecular flexibility index (Phi) is 5.97. The van der Waals surface area contributed by atoms with E-state index in [2.05, 4.69) is 9.88 Å². The minimum atomic E-state index is -3.80. The lowest BCUT2D eigenvalue weighted by molar-refractivity contribution is 0.0853. The van der Waals surface area contributed by atoms with Crippen molar-refractivity contribution >= 4 is 21.9 Å². The maximum Gasteiger partial charge on any atom is 0.239 e. The Balaban J connectivity index is 2.36. The van der Waals surface area contributed by atoms with Crippen LogP contribution in [-0.2, 0) is 19.5 Å². The highest BCUT2D eigenvalue weighted by molar-refractivity contribution is 7.89.